The highest BCUT2D eigenvalue weighted by molar-refractivity contribution is 9.10. The van der Waals surface area contributed by atoms with Crippen LogP contribution >= 0.6 is 38.9 Å². The summed E-state index contributed by atoms with van der Waals surface area (Å²) in [5.74, 6) is 0.00876. The summed E-state index contributed by atoms with van der Waals surface area (Å²) in [4.78, 5) is 32.5. The summed E-state index contributed by atoms with van der Waals surface area (Å²) in [5.41, 5.74) is 3.27. The number of aryl methyl sites for hydroxylation is 1. The molecule has 2 heterocycles. The van der Waals surface area contributed by atoms with Crippen LogP contribution in [0.25, 0.3) is 6.08 Å². The van der Waals surface area contributed by atoms with Gasteiger partial charge in [-0.05, 0) is 61.7 Å². The van der Waals surface area contributed by atoms with Gasteiger partial charge in [0.1, 0.15) is 11.8 Å². The number of halogens is 2. The van der Waals surface area contributed by atoms with Crippen LogP contribution in [0.3, 0.4) is 0 Å². The second-order valence-corrected chi connectivity index (χ2v) is 10.6. The topological polar surface area (TPSA) is 69.9 Å². The van der Waals surface area contributed by atoms with Crippen LogP contribution in [0.4, 0.5) is 0 Å². The van der Waals surface area contributed by atoms with E-state index in [0.29, 0.717) is 43.4 Å². The van der Waals surface area contributed by atoms with Crippen LogP contribution in [0, 0.1) is 6.92 Å². The zero-order chi connectivity index (χ0) is 26.0. The van der Waals surface area contributed by atoms with Crippen molar-refractivity contribution in [3.05, 3.63) is 93.5 Å². The SMILES string of the molecule is CCCC1=C(C(=O)OCC)[C@@H](c2cc(Cl)ccc2OC)n2c(s/c(=C/c3ccc(C)c(Br)c3)c2=O)=N1. The van der Waals surface area contributed by atoms with Gasteiger partial charge in [0.05, 0.1) is 29.5 Å². The molecule has 0 N–H and O–H groups in total. The second-order valence-electron chi connectivity index (χ2n) is 8.31. The minimum absolute atomic E-state index is 0.202. The fourth-order valence-corrected chi connectivity index (χ4v) is 5.78. The predicted octanol–water partition coefficient (Wildman–Crippen LogP) is 5.31. The van der Waals surface area contributed by atoms with Gasteiger partial charge in [-0.1, -0.05) is 64.3 Å². The molecule has 3 aromatic rings. The standard InChI is InChI=1S/C27H26BrClN2O4S/c1-5-7-20-23(26(33)35-6-2)24(18-14-17(29)10-11-21(18)34-4)31-25(32)22(36-27(31)30-20)13-16-9-8-15(3)19(28)12-16/h8-14,24H,5-7H2,1-4H3/b22-13+/t24-/m1/s1. The Morgan fingerprint density at radius 1 is 1.25 bits per heavy atom. The molecule has 0 bridgehead atoms. The number of carbonyl (C=O) groups excluding carboxylic acids is 1. The van der Waals surface area contributed by atoms with Gasteiger partial charge in [-0.3, -0.25) is 9.36 Å². The minimum atomic E-state index is -0.789. The van der Waals surface area contributed by atoms with Gasteiger partial charge in [0.25, 0.3) is 5.56 Å². The monoisotopic (exact) mass is 588 g/mol. The molecule has 1 atom stereocenters. The zero-order valence-electron chi connectivity index (χ0n) is 20.4. The van der Waals surface area contributed by atoms with Gasteiger partial charge < -0.3 is 9.47 Å². The Morgan fingerprint density at radius 2 is 2.03 bits per heavy atom. The maximum Gasteiger partial charge on any atom is 0.338 e. The Bertz CT molecular complexity index is 1540. The number of nitrogens with zero attached hydrogens (tertiary/aromatic N) is 2. The van der Waals surface area contributed by atoms with Crippen LogP contribution in [0.5, 0.6) is 5.75 Å². The molecule has 0 radical (unpaired) electrons. The number of fused-ring (bicyclic) bond motifs is 1. The first kappa shape index (κ1) is 26.4. The number of rotatable bonds is 7. The lowest BCUT2D eigenvalue weighted by molar-refractivity contribution is -0.139. The number of hydrogen-bond donors (Lipinski definition) is 0. The smallest absolute Gasteiger partial charge is 0.338 e. The maximum atomic E-state index is 13.9. The van der Waals surface area contributed by atoms with E-state index in [0.717, 1.165) is 22.0 Å². The summed E-state index contributed by atoms with van der Waals surface area (Å²) in [6.07, 6.45) is 3.17. The van der Waals surface area contributed by atoms with Crippen molar-refractivity contribution in [2.45, 2.75) is 39.7 Å². The van der Waals surface area contributed by atoms with E-state index >= 15 is 0 Å². The van der Waals surface area contributed by atoms with Gasteiger partial charge in [0, 0.05) is 15.1 Å². The van der Waals surface area contributed by atoms with Crippen LogP contribution in [0.15, 0.2) is 61.9 Å². The van der Waals surface area contributed by atoms with Crippen molar-refractivity contribution >= 4 is 50.9 Å². The molecule has 1 aromatic heterocycles. The molecule has 0 fully saturated rings. The van der Waals surface area contributed by atoms with E-state index in [4.69, 9.17) is 26.1 Å². The highest BCUT2D eigenvalue weighted by Gasteiger charge is 2.36. The van der Waals surface area contributed by atoms with Gasteiger partial charge in [0.2, 0.25) is 0 Å². The number of benzene rings is 2. The molecule has 0 amide bonds. The first-order valence-corrected chi connectivity index (χ1v) is 13.6. The molecule has 0 aliphatic carbocycles. The summed E-state index contributed by atoms with van der Waals surface area (Å²) < 4.78 is 14.1. The van der Waals surface area contributed by atoms with E-state index in [1.807, 2.05) is 38.1 Å². The summed E-state index contributed by atoms with van der Waals surface area (Å²) >= 11 is 11.2. The van der Waals surface area contributed by atoms with Crippen molar-refractivity contribution in [1.82, 2.24) is 4.57 Å². The highest BCUT2D eigenvalue weighted by Crippen LogP contribution is 2.38. The molecule has 0 spiro atoms. The Kier molecular flexibility index (Phi) is 8.17. The lowest BCUT2D eigenvalue weighted by Crippen LogP contribution is -2.40. The number of aromatic nitrogens is 1. The molecule has 0 saturated heterocycles. The lowest BCUT2D eigenvalue weighted by Gasteiger charge is -2.27. The average Bonchev–Trinajstić information content (AvgIpc) is 3.15. The molecular formula is C27H26BrClN2O4S. The molecule has 0 saturated carbocycles. The molecule has 2 aromatic carbocycles. The third-order valence-electron chi connectivity index (χ3n) is 5.87. The number of allylic oxidation sites excluding steroid dienone is 1. The Labute approximate surface area is 226 Å². The van der Waals surface area contributed by atoms with Crippen molar-refractivity contribution in [2.75, 3.05) is 13.7 Å². The fourth-order valence-electron chi connectivity index (χ4n) is 4.18. The summed E-state index contributed by atoms with van der Waals surface area (Å²) in [6, 6.07) is 10.3. The first-order chi connectivity index (χ1) is 17.3. The molecular weight excluding hydrogens is 564 g/mol. The third kappa shape index (κ3) is 5.08. The Balaban J connectivity index is 2.05. The normalized spacial score (nSPS) is 15.5. The summed E-state index contributed by atoms with van der Waals surface area (Å²) in [6.45, 7) is 5.98. The van der Waals surface area contributed by atoms with E-state index in [-0.39, 0.29) is 12.2 Å². The van der Waals surface area contributed by atoms with Gasteiger partial charge in [-0.25, -0.2) is 9.79 Å². The van der Waals surface area contributed by atoms with Gasteiger partial charge in [-0.15, -0.1) is 0 Å². The van der Waals surface area contributed by atoms with Crippen molar-refractivity contribution in [1.29, 1.82) is 0 Å². The number of carbonyl (C=O) groups is 1. The van der Waals surface area contributed by atoms with E-state index in [1.54, 1.807) is 36.8 Å². The zero-order valence-corrected chi connectivity index (χ0v) is 23.6. The lowest BCUT2D eigenvalue weighted by atomic mass is 9.93. The largest absolute Gasteiger partial charge is 0.496 e. The van der Waals surface area contributed by atoms with Crippen LogP contribution in [0.2, 0.25) is 5.02 Å². The van der Waals surface area contributed by atoms with Crippen LogP contribution in [-0.2, 0) is 9.53 Å². The van der Waals surface area contributed by atoms with E-state index in [2.05, 4.69) is 15.9 Å². The molecule has 188 valence electrons. The second kappa shape index (κ2) is 11.2. The van der Waals surface area contributed by atoms with Gasteiger partial charge in [-0.2, -0.15) is 0 Å². The van der Waals surface area contributed by atoms with Crippen LogP contribution in [-0.4, -0.2) is 24.3 Å². The highest BCUT2D eigenvalue weighted by atomic mass is 79.9. The Morgan fingerprint density at radius 3 is 2.69 bits per heavy atom. The number of methoxy groups -OCH3 is 1. The van der Waals surface area contributed by atoms with Crippen molar-refractivity contribution in [3.63, 3.8) is 0 Å². The summed E-state index contributed by atoms with van der Waals surface area (Å²) in [5, 5.41) is 0.467. The van der Waals surface area contributed by atoms with Crippen molar-refractivity contribution in [2.24, 2.45) is 4.99 Å². The first-order valence-electron chi connectivity index (χ1n) is 11.6. The quantitative estimate of drug-likeness (QED) is 0.350. The third-order valence-corrected chi connectivity index (χ3v) is 7.94. The Hall–Kier alpha value is -2.68. The predicted molar refractivity (Wildman–Crippen MR) is 147 cm³/mol. The molecule has 36 heavy (non-hydrogen) atoms. The molecule has 9 heteroatoms. The van der Waals surface area contributed by atoms with E-state index in [9.17, 15) is 9.59 Å². The number of esters is 1. The van der Waals surface area contributed by atoms with Crippen molar-refractivity contribution < 1.29 is 14.3 Å². The maximum absolute atomic E-state index is 13.9. The minimum Gasteiger partial charge on any atom is -0.496 e. The number of thiazole rings is 1. The van der Waals surface area contributed by atoms with E-state index in [1.165, 1.54) is 11.3 Å². The van der Waals surface area contributed by atoms with Crippen molar-refractivity contribution in [3.8, 4) is 5.75 Å². The average molecular weight is 590 g/mol. The molecule has 6 nitrogen and oxygen atoms in total. The van der Waals surface area contributed by atoms with E-state index < -0.39 is 12.0 Å². The van der Waals surface area contributed by atoms with Gasteiger partial charge in [0.15, 0.2) is 4.80 Å². The van der Waals surface area contributed by atoms with Crippen LogP contribution in [0.1, 0.15) is 49.4 Å². The molecule has 4 rings (SSSR count). The summed E-state index contributed by atoms with van der Waals surface area (Å²) in [7, 11) is 1.55. The fraction of sp³-hybridized carbons (Fsp3) is 0.296. The van der Waals surface area contributed by atoms with Crippen LogP contribution < -0.4 is 19.6 Å². The molecule has 0 unspecified atom stereocenters. The number of hydrogen-bond acceptors (Lipinski definition) is 6. The molecule has 1 aliphatic heterocycles. The number of ether oxygens (including phenoxy) is 2. The molecule has 1 aliphatic rings. The van der Waals surface area contributed by atoms with Gasteiger partial charge >= 0.3 is 5.97 Å².